The van der Waals surface area contributed by atoms with Crippen molar-refractivity contribution in [3.8, 4) is 11.5 Å². The minimum atomic E-state index is -0.394. The average molecular weight is 302 g/mol. The van der Waals surface area contributed by atoms with Crippen LogP contribution < -0.4 is 10.1 Å². The Labute approximate surface area is 129 Å². The first-order valence-corrected chi connectivity index (χ1v) is 7.22. The predicted molar refractivity (Wildman–Crippen MR) is 84.6 cm³/mol. The standard InChI is InChI=1S/C17H19FN2O2/c1-13-3-6-15(7-4-13)22-17-8-5-14(11-16(17)18)12-19-9-2-10-20-21/h3-8,11,19H,2,9-10,12H2,1H3. The van der Waals surface area contributed by atoms with Crippen LogP contribution in [-0.2, 0) is 6.54 Å². The Hall–Kier alpha value is -2.27. The summed E-state index contributed by atoms with van der Waals surface area (Å²) < 4.78 is 19.6. The minimum Gasteiger partial charge on any atom is -0.454 e. The van der Waals surface area contributed by atoms with Gasteiger partial charge in [0.15, 0.2) is 11.6 Å². The smallest absolute Gasteiger partial charge is 0.166 e. The summed E-state index contributed by atoms with van der Waals surface area (Å²) in [4.78, 5) is 9.95. The van der Waals surface area contributed by atoms with E-state index in [2.05, 4.69) is 10.5 Å². The summed E-state index contributed by atoms with van der Waals surface area (Å²) in [6.07, 6.45) is 0.681. The fourth-order valence-corrected chi connectivity index (χ4v) is 1.97. The first-order chi connectivity index (χ1) is 10.7. The second-order valence-electron chi connectivity index (χ2n) is 5.06. The molecule has 0 aliphatic rings. The van der Waals surface area contributed by atoms with Gasteiger partial charge >= 0.3 is 0 Å². The van der Waals surface area contributed by atoms with Gasteiger partial charge in [0.1, 0.15) is 5.75 Å². The van der Waals surface area contributed by atoms with Gasteiger partial charge in [0.25, 0.3) is 0 Å². The molecule has 0 saturated heterocycles. The molecule has 0 heterocycles. The first-order valence-electron chi connectivity index (χ1n) is 7.22. The third-order valence-corrected chi connectivity index (χ3v) is 3.18. The molecule has 0 fully saturated rings. The highest BCUT2D eigenvalue weighted by atomic mass is 19.1. The van der Waals surface area contributed by atoms with E-state index in [1.54, 1.807) is 6.07 Å². The zero-order valence-electron chi connectivity index (χ0n) is 12.5. The van der Waals surface area contributed by atoms with Crippen molar-refractivity contribution in [1.82, 2.24) is 5.32 Å². The summed E-state index contributed by atoms with van der Waals surface area (Å²) in [7, 11) is 0. The van der Waals surface area contributed by atoms with Crippen molar-refractivity contribution in [3.05, 3.63) is 64.3 Å². The Kier molecular flexibility index (Phi) is 6.03. The summed E-state index contributed by atoms with van der Waals surface area (Å²) in [5, 5.41) is 5.92. The monoisotopic (exact) mass is 302 g/mol. The number of nitroso groups, excluding NO2 is 1. The molecule has 0 aliphatic heterocycles. The van der Waals surface area contributed by atoms with Gasteiger partial charge in [0.2, 0.25) is 0 Å². The van der Waals surface area contributed by atoms with Gasteiger partial charge in [0.05, 0.1) is 6.54 Å². The molecule has 5 heteroatoms. The van der Waals surface area contributed by atoms with E-state index in [-0.39, 0.29) is 5.75 Å². The number of aryl methyl sites for hydroxylation is 1. The highest BCUT2D eigenvalue weighted by molar-refractivity contribution is 5.35. The summed E-state index contributed by atoms with van der Waals surface area (Å²) in [6.45, 7) is 3.50. The van der Waals surface area contributed by atoms with Crippen molar-refractivity contribution < 1.29 is 9.13 Å². The quantitative estimate of drug-likeness (QED) is 0.588. The van der Waals surface area contributed by atoms with Gasteiger partial charge in [-0.2, -0.15) is 4.91 Å². The molecule has 0 saturated carbocycles. The van der Waals surface area contributed by atoms with E-state index in [0.29, 0.717) is 31.8 Å². The SMILES string of the molecule is Cc1ccc(Oc2ccc(CNCCCN=O)cc2F)cc1. The number of nitrogens with one attached hydrogen (secondary N) is 1. The fraction of sp³-hybridized carbons (Fsp3) is 0.294. The number of ether oxygens (including phenoxy) is 1. The number of halogens is 1. The van der Waals surface area contributed by atoms with Gasteiger partial charge in [0, 0.05) is 6.54 Å². The lowest BCUT2D eigenvalue weighted by atomic mass is 10.2. The number of hydrogen-bond donors (Lipinski definition) is 1. The number of benzene rings is 2. The maximum Gasteiger partial charge on any atom is 0.166 e. The zero-order chi connectivity index (χ0) is 15.8. The van der Waals surface area contributed by atoms with Gasteiger partial charge in [-0.1, -0.05) is 28.9 Å². The van der Waals surface area contributed by atoms with Gasteiger partial charge in [-0.15, -0.1) is 0 Å². The van der Waals surface area contributed by atoms with E-state index < -0.39 is 5.82 Å². The molecule has 0 unspecified atom stereocenters. The van der Waals surface area contributed by atoms with Gasteiger partial charge in [-0.25, -0.2) is 4.39 Å². The maximum atomic E-state index is 14.0. The lowest BCUT2D eigenvalue weighted by Gasteiger charge is -2.09. The predicted octanol–water partition coefficient (Wildman–Crippen LogP) is 4.17. The van der Waals surface area contributed by atoms with E-state index in [9.17, 15) is 9.30 Å². The van der Waals surface area contributed by atoms with E-state index in [1.807, 2.05) is 37.3 Å². The molecule has 22 heavy (non-hydrogen) atoms. The van der Waals surface area contributed by atoms with Crippen LogP contribution in [0.3, 0.4) is 0 Å². The minimum absolute atomic E-state index is 0.206. The van der Waals surface area contributed by atoms with Crippen LogP contribution in [0.15, 0.2) is 47.6 Å². The van der Waals surface area contributed by atoms with Crippen LogP contribution >= 0.6 is 0 Å². The zero-order valence-corrected chi connectivity index (χ0v) is 12.5. The third-order valence-electron chi connectivity index (χ3n) is 3.18. The number of rotatable bonds is 8. The molecule has 1 N–H and O–H groups in total. The van der Waals surface area contributed by atoms with E-state index in [4.69, 9.17) is 4.74 Å². The average Bonchev–Trinajstić information content (AvgIpc) is 2.52. The van der Waals surface area contributed by atoms with E-state index in [1.165, 1.54) is 6.07 Å². The Balaban J connectivity index is 1.91. The van der Waals surface area contributed by atoms with Crippen LogP contribution in [0.2, 0.25) is 0 Å². The molecule has 4 nitrogen and oxygen atoms in total. The van der Waals surface area contributed by atoms with Gasteiger partial charge in [-0.3, -0.25) is 0 Å². The summed E-state index contributed by atoms with van der Waals surface area (Å²) in [5.74, 6) is 0.420. The van der Waals surface area contributed by atoms with Crippen LogP contribution in [0.1, 0.15) is 17.5 Å². The Morgan fingerprint density at radius 1 is 1.18 bits per heavy atom. The molecule has 0 spiro atoms. The molecule has 0 radical (unpaired) electrons. The molecule has 0 bridgehead atoms. The second kappa shape index (κ2) is 8.24. The Bertz CT molecular complexity index is 615. The summed E-state index contributed by atoms with van der Waals surface area (Å²) >= 11 is 0. The van der Waals surface area contributed by atoms with Crippen molar-refractivity contribution in [1.29, 1.82) is 0 Å². The molecule has 2 aromatic rings. The molecule has 0 aromatic heterocycles. The molecular formula is C17H19FN2O2. The van der Waals surface area contributed by atoms with Crippen molar-refractivity contribution in [2.75, 3.05) is 13.1 Å². The van der Waals surface area contributed by atoms with Crippen molar-refractivity contribution in [3.63, 3.8) is 0 Å². The Morgan fingerprint density at radius 2 is 1.95 bits per heavy atom. The van der Waals surface area contributed by atoms with Crippen molar-refractivity contribution in [2.24, 2.45) is 5.18 Å². The lowest BCUT2D eigenvalue weighted by Crippen LogP contribution is -2.15. The van der Waals surface area contributed by atoms with Crippen LogP contribution in [0.4, 0.5) is 4.39 Å². The number of hydrogen-bond acceptors (Lipinski definition) is 4. The molecular weight excluding hydrogens is 283 g/mol. The molecule has 0 aliphatic carbocycles. The first kappa shape index (κ1) is 16.1. The summed E-state index contributed by atoms with van der Waals surface area (Å²) in [5.41, 5.74) is 1.95. The van der Waals surface area contributed by atoms with Crippen LogP contribution in [0, 0.1) is 17.6 Å². The molecule has 0 atom stereocenters. The third kappa shape index (κ3) is 4.93. The molecule has 2 aromatic carbocycles. The van der Waals surface area contributed by atoms with Crippen LogP contribution in [0.5, 0.6) is 11.5 Å². The Morgan fingerprint density at radius 3 is 2.64 bits per heavy atom. The highest BCUT2D eigenvalue weighted by Crippen LogP contribution is 2.25. The topological polar surface area (TPSA) is 50.7 Å². The van der Waals surface area contributed by atoms with Crippen molar-refractivity contribution >= 4 is 0 Å². The number of nitrogens with zero attached hydrogens (tertiary/aromatic N) is 1. The highest BCUT2D eigenvalue weighted by Gasteiger charge is 2.06. The molecule has 116 valence electrons. The van der Waals surface area contributed by atoms with Gasteiger partial charge in [-0.05, 0) is 49.7 Å². The lowest BCUT2D eigenvalue weighted by molar-refractivity contribution is 0.441. The van der Waals surface area contributed by atoms with E-state index in [0.717, 1.165) is 11.1 Å². The molecule has 0 amide bonds. The second-order valence-corrected chi connectivity index (χ2v) is 5.06. The van der Waals surface area contributed by atoms with Crippen LogP contribution in [0.25, 0.3) is 0 Å². The van der Waals surface area contributed by atoms with E-state index >= 15 is 0 Å². The van der Waals surface area contributed by atoms with Crippen molar-refractivity contribution in [2.45, 2.75) is 19.9 Å². The maximum absolute atomic E-state index is 14.0. The molecule has 2 rings (SSSR count). The normalized spacial score (nSPS) is 10.5. The summed E-state index contributed by atoms with van der Waals surface area (Å²) in [6, 6.07) is 12.3. The fourth-order valence-electron chi connectivity index (χ4n) is 1.97. The van der Waals surface area contributed by atoms with Crippen LogP contribution in [-0.4, -0.2) is 13.1 Å². The van der Waals surface area contributed by atoms with Gasteiger partial charge < -0.3 is 10.1 Å². The largest absolute Gasteiger partial charge is 0.454 e.